The second kappa shape index (κ2) is 14.1. The Labute approximate surface area is 167 Å². The van der Waals surface area contributed by atoms with Crippen molar-refractivity contribution in [1.82, 2.24) is 20.4 Å². The van der Waals surface area contributed by atoms with Gasteiger partial charge in [0.1, 0.15) is 0 Å². The predicted molar refractivity (Wildman–Crippen MR) is 117 cm³/mol. The highest BCUT2D eigenvalue weighted by atomic mass is 127. The Morgan fingerprint density at radius 1 is 1.00 bits per heavy atom. The zero-order chi connectivity index (χ0) is 17.1. The van der Waals surface area contributed by atoms with Crippen molar-refractivity contribution < 1.29 is 0 Å². The van der Waals surface area contributed by atoms with E-state index in [1.807, 2.05) is 7.05 Å². The zero-order valence-electron chi connectivity index (χ0n) is 16.5. The molecule has 0 aliphatic carbocycles. The number of hydrogen-bond donors (Lipinski definition) is 2. The van der Waals surface area contributed by atoms with Crippen LogP contribution in [0.25, 0.3) is 0 Å². The van der Waals surface area contributed by atoms with Gasteiger partial charge < -0.3 is 15.5 Å². The van der Waals surface area contributed by atoms with E-state index in [-0.39, 0.29) is 24.0 Å². The van der Waals surface area contributed by atoms with Crippen molar-refractivity contribution in [2.45, 2.75) is 65.5 Å². The minimum absolute atomic E-state index is 0. The number of likely N-dealkylation sites (tertiary alicyclic amines) is 1. The molecular weight excluding hydrogens is 413 g/mol. The molecule has 0 aromatic carbocycles. The van der Waals surface area contributed by atoms with Gasteiger partial charge in [-0.15, -0.1) is 24.0 Å². The van der Waals surface area contributed by atoms with Gasteiger partial charge in [-0.05, 0) is 60.0 Å². The third kappa shape index (κ3) is 10.0. The van der Waals surface area contributed by atoms with Crippen LogP contribution in [-0.4, -0.2) is 74.2 Å². The molecule has 0 spiro atoms. The first-order chi connectivity index (χ1) is 11.0. The highest BCUT2D eigenvalue weighted by Gasteiger charge is 2.12. The van der Waals surface area contributed by atoms with Crippen molar-refractivity contribution in [1.29, 1.82) is 0 Å². The number of guanidine groups is 1. The smallest absolute Gasteiger partial charge is 0.191 e. The van der Waals surface area contributed by atoms with Gasteiger partial charge in [-0.3, -0.25) is 9.89 Å². The van der Waals surface area contributed by atoms with Crippen molar-refractivity contribution in [3.63, 3.8) is 0 Å². The molecule has 0 unspecified atom stereocenters. The fourth-order valence-electron chi connectivity index (χ4n) is 3.32. The molecule has 144 valence electrons. The summed E-state index contributed by atoms with van der Waals surface area (Å²) in [5, 5.41) is 6.87. The Balaban J connectivity index is 0.00000529. The van der Waals surface area contributed by atoms with Crippen LogP contribution in [0.5, 0.6) is 0 Å². The lowest BCUT2D eigenvalue weighted by atomic mass is 10.1. The molecule has 1 heterocycles. The Hall–Kier alpha value is -0.0800. The summed E-state index contributed by atoms with van der Waals surface area (Å²) >= 11 is 0. The molecule has 0 bridgehead atoms. The average molecular weight is 453 g/mol. The quantitative estimate of drug-likeness (QED) is 0.244. The third-order valence-corrected chi connectivity index (χ3v) is 4.60. The summed E-state index contributed by atoms with van der Waals surface area (Å²) < 4.78 is 0. The Morgan fingerprint density at radius 2 is 1.58 bits per heavy atom. The van der Waals surface area contributed by atoms with E-state index in [9.17, 15) is 0 Å². The predicted octanol–water partition coefficient (Wildman–Crippen LogP) is 2.76. The standard InChI is InChI=1S/C18H39N5.HI/c1-16(2)23(17(3)4)14-9-10-20-18(19-5)21-11-15-22-12-7-6-8-13-22;/h16-17H,6-15H2,1-5H3,(H2,19,20,21);1H. The summed E-state index contributed by atoms with van der Waals surface area (Å²) in [5.41, 5.74) is 0. The molecular formula is C18H40IN5. The van der Waals surface area contributed by atoms with Crippen LogP contribution >= 0.6 is 24.0 Å². The minimum atomic E-state index is 0. The summed E-state index contributed by atoms with van der Waals surface area (Å²) in [6, 6.07) is 1.22. The molecule has 0 atom stereocenters. The van der Waals surface area contributed by atoms with Gasteiger partial charge in [-0.25, -0.2) is 0 Å². The second-order valence-corrected chi connectivity index (χ2v) is 7.11. The van der Waals surface area contributed by atoms with Crippen molar-refractivity contribution in [3.8, 4) is 0 Å². The minimum Gasteiger partial charge on any atom is -0.356 e. The lowest BCUT2D eigenvalue weighted by Gasteiger charge is -2.30. The van der Waals surface area contributed by atoms with E-state index in [0.717, 1.165) is 38.6 Å². The van der Waals surface area contributed by atoms with E-state index in [2.05, 4.69) is 53.1 Å². The number of hydrogen-bond acceptors (Lipinski definition) is 3. The second-order valence-electron chi connectivity index (χ2n) is 7.11. The van der Waals surface area contributed by atoms with Crippen molar-refractivity contribution >= 4 is 29.9 Å². The normalized spacial score (nSPS) is 16.6. The molecule has 0 amide bonds. The molecule has 2 N–H and O–H groups in total. The fourth-order valence-corrected chi connectivity index (χ4v) is 3.32. The van der Waals surface area contributed by atoms with Crippen LogP contribution in [0.1, 0.15) is 53.4 Å². The summed E-state index contributed by atoms with van der Waals surface area (Å²) in [7, 11) is 1.85. The Kier molecular flexibility index (Phi) is 14.1. The summed E-state index contributed by atoms with van der Waals surface area (Å²) in [6.07, 6.45) is 5.25. The summed E-state index contributed by atoms with van der Waals surface area (Å²) in [5.74, 6) is 0.933. The molecule has 0 radical (unpaired) electrons. The average Bonchev–Trinajstić information content (AvgIpc) is 2.53. The highest BCUT2D eigenvalue weighted by Crippen LogP contribution is 2.07. The topological polar surface area (TPSA) is 42.9 Å². The maximum Gasteiger partial charge on any atom is 0.191 e. The van der Waals surface area contributed by atoms with Gasteiger partial charge in [0, 0.05) is 45.3 Å². The lowest BCUT2D eigenvalue weighted by Crippen LogP contribution is -2.44. The summed E-state index contributed by atoms with van der Waals surface area (Å²) in [4.78, 5) is 9.40. The van der Waals surface area contributed by atoms with Crippen LogP contribution in [0.2, 0.25) is 0 Å². The molecule has 0 saturated carbocycles. The van der Waals surface area contributed by atoms with Crippen LogP contribution < -0.4 is 10.6 Å². The monoisotopic (exact) mass is 453 g/mol. The maximum absolute atomic E-state index is 4.32. The molecule has 1 saturated heterocycles. The third-order valence-electron chi connectivity index (χ3n) is 4.60. The number of piperidine rings is 1. The molecule has 1 fully saturated rings. The number of aliphatic imine (C=N–C) groups is 1. The molecule has 1 rings (SSSR count). The number of nitrogens with one attached hydrogen (secondary N) is 2. The van der Waals surface area contributed by atoms with Gasteiger partial charge in [0.05, 0.1) is 0 Å². The van der Waals surface area contributed by atoms with Gasteiger partial charge in [0.2, 0.25) is 0 Å². The lowest BCUT2D eigenvalue weighted by molar-refractivity contribution is 0.173. The van der Waals surface area contributed by atoms with E-state index < -0.39 is 0 Å². The first-order valence-electron chi connectivity index (χ1n) is 9.47. The van der Waals surface area contributed by atoms with Gasteiger partial charge in [0.15, 0.2) is 5.96 Å². The van der Waals surface area contributed by atoms with Gasteiger partial charge in [-0.2, -0.15) is 0 Å². The number of nitrogens with zero attached hydrogens (tertiary/aromatic N) is 3. The van der Waals surface area contributed by atoms with Crippen LogP contribution in [-0.2, 0) is 0 Å². The first-order valence-corrected chi connectivity index (χ1v) is 9.47. The van der Waals surface area contributed by atoms with E-state index in [1.165, 1.54) is 32.4 Å². The van der Waals surface area contributed by atoms with Gasteiger partial charge in [-0.1, -0.05) is 6.42 Å². The van der Waals surface area contributed by atoms with Crippen molar-refractivity contribution in [2.24, 2.45) is 4.99 Å². The zero-order valence-corrected chi connectivity index (χ0v) is 18.8. The maximum atomic E-state index is 4.32. The van der Waals surface area contributed by atoms with E-state index in [0.29, 0.717) is 12.1 Å². The molecule has 6 heteroatoms. The molecule has 0 aromatic rings. The van der Waals surface area contributed by atoms with E-state index in [4.69, 9.17) is 0 Å². The van der Waals surface area contributed by atoms with Crippen molar-refractivity contribution in [2.75, 3.05) is 46.3 Å². The van der Waals surface area contributed by atoms with Crippen LogP contribution in [0.4, 0.5) is 0 Å². The molecule has 1 aliphatic heterocycles. The SMILES string of the molecule is CN=C(NCCCN(C(C)C)C(C)C)NCCN1CCCCC1.I. The van der Waals surface area contributed by atoms with Gasteiger partial charge >= 0.3 is 0 Å². The fraction of sp³-hybridized carbons (Fsp3) is 0.944. The molecule has 0 aromatic heterocycles. The Morgan fingerprint density at radius 3 is 2.12 bits per heavy atom. The van der Waals surface area contributed by atoms with E-state index >= 15 is 0 Å². The van der Waals surface area contributed by atoms with Crippen LogP contribution in [0.15, 0.2) is 4.99 Å². The summed E-state index contributed by atoms with van der Waals surface area (Å²) in [6.45, 7) is 15.8. The van der Waals surface area contributed by atoms with E-state index in [1.54, 1.807) is 0 Å². The van der Waals surface area contributed by atoms with Gasteiger partial charge in [0.25, 0.3) is 0 Å². The molecule has 24 heavy (non-hydrogen) atoms. The van der Waals surface area contributed by atoms with Crippen LogP contribution in [0.3, 0.4) is 0 Å². The Bertz CT molecular complexity index is 319. The largest absolute Gasteiger partial charge is 0.356 e. The number of rotatable bonds is 9. The van der Waals surface area contributed by atoms with Crippen LogP contribution in [0, 0.1) is 0 Å². The number of halogens is 1. The molecule has 5 nitrogen and oxygen atoms in total. The highest BCUT2D eigenvalue weighted by molar-refractivity contribution is 14.0. The molecule has 1 aliphatic rings. The van der Waals surface area contributed by atoms with Crippen molar-refractivity contribution in [3.05, 3.63) is 0 Å². The first kappa shape index (κ1) is 23.9.